The highest BCUT2D eigenvalue weighted by molar-refractivity contribution is 9.15. The Labute approximate surface area is 303 Å². The molecule has 1 N–H and O–H groups in total. The highest BCUT2D eigenvalue weighted by atomic mass is 79.9. The van der Waals surface area contributed by atoms with Gasteiger partial charge in [-0.05, 0) is 48.9 Å². The summed E-state index contributed by atoms with van der Waals surface area (Å²) in [6, 6.07) is 43.7. The summed E-state index contributed by atoms with van der Waals surface area (Å²) in [5.41, 5.74) is 6.69. The molecule has 6 aromatic carbocycles. The summed E-state index contributed by atoms with van der Waals surface area (Å²) in [4.78, 5) is 0. The van der Waals surface area contributed by atoms with Crippen molar-refractivity contribution in [3.05, 3.63) is 166 Å². The monoisotopic (exact) mass is 775 g/mol. The first-order chi connectivity index (χ1) is 24.4. The first-order valence-corrected chi connectivity index (χ1v) is 18.3. The van der Waals surface area contributed by atoms with Crippen LogP contribution in [-0.4, -0.2) is 9.67 Å². The van der Waals surface area contributed by atoms with E-state index in [-0.39, 0.29) is 0 Å². The van der Waals surface area contributed by atoms with Crippen molar-refractivity contribution < 1.29 is 13.9 Å². The van der Waals surface area contributed by atoms with Crippen LogP contribution in [0.4, 0.5) is 0 Å². The van der Waals surface area contributed by atoms with E-state index in [4.69, 9.17) is 8.83 Å². The lowest BCUT2D eigenvalue weighted by molar-refractivity contribution is 0.0281. The van der Waals surface area contributed by atoms with Gasteiger partial charge in [0, 0.05) is 58.5 Å². The van der Waals surface area contributed by atoms with Crippen molar-refractivity contribution in [3.63, 3.8) is 0 Å². The van der Waals surface area contributed by atoms with Crippen LogP contribution < -0.4 is 0 Å². The smallest absolute Gasteiger partial charge is 0.141 e. The first-order valence-electron chi connectivity index (χ1n) is 16.8. The van der Waals surface area contributed by atoms with Crippen LogP contribution in [0.5, 0.6) is 0 Å². The van der Waals surface area contributed by atoms with Gasteiger partial charge in [0.05, 0.1) is 22.1 Å². The third-order valence-corrected chi connectivity index (χ3v) is 12.6. The zero-order chi connectivity index (χ0) is 33.5. The van der Waals surface area contributed by atoms with Gasteiger partial charge in [-0.25, -0.2) is 0 Å². The highest BCUT2D eigenvalue weighted by Gasteiger charge is 2.64. The molecule has 240 valence electrons. The fraction of sp³-hybridized carbons (Fsp3) is 0.0909. The molecule has 0 spiro atoms. The maximum Gasteiger partial charge on any atom is 0.141 e. The van der Waals surface area contributed by atoms with Gasteiger partial charge in [-0.3, -0.25) is 0 Å². The predicted octanol–water partition coefficient (Wildman–Crippen LogP) is 12.1. The average Bonchev–Trinajstić information content (AvgIpc) is 3.87. The lowest BCUT2D eigenvalue weighted by Crippen LogP contribution is -2.42. The van der Waals surface area contributed by atoms with Crippen LogP contribution in [0.15, 0.2) is 147 Å². The van der Waals surface area contributed by atoms with Crippen molar-refractivity contribution in [2.24, 2.45) is 5.92 Å². The molecular weight excluding hydrogens is 750 g/mol. The molecule has 11 rings (SSSR count). The number of hydrogen-bond donors (Lipinski definition) is 1. The number of halogens is 2. The van der Waals surface area contributed by atoms with E-state index in [9.17, 15) is 5.11 Å². The third-order valence-electron chi connectivity index (χ3n) is 11.4. The fourth-order valence-corrected chi connectivity index (χ4v) is 10.6. The minimum Gasteiger partial charge on any atom is -0.459 e. The summed E-state index contributed by atoms with van der Waals surface area (Å²) in [6.45, 7) is 2.22. The molecule has 9 aromatic rings. The second-order valence-electron chi connectivity index (χ2n) is 13.7. The Kier molecular flexibility index (Phi) is 5.71. The van der Waals surface area contributed by atoms with E-state index < -0.39 is 16.9 Å². The maximum absolute atomic E-state index is 14.0. The molecule has 2 aliphatic rings. The Morgan fingerprint density at radius 2 is 1.24 bits per heavy atom. The second kappa shape index (κ2) is 9.88. The molecule has 3 aromatic heterocycles. The topological polar surface area (TPSA) is 51.4 Å². The van der Waals surface area contributed by atoms with Crippen molar-refractivity contribution in [2.45, 2.75) is 17.9 Å². The first kappa shape index (κ1) is 28.9. The number of fused-ring (bicyclic) bond motifs is 14. The van der Waals surface area contributed by atoms with Crippen molar-refractivity contribution in [3.8, 4) is 5.69 Å². The molecule has 0 saturated heterocycles. The summed E-state index contributed by atoms with van der Waals surface area (Å²) in [6.07, 6.45) is 2.20. The number of aromatic nitrogens is 1. The van der Waals surface area contributed by atoms with Gasteiger partial charge in [0.25, 0.3) is 0 Å². The van der Waals surface area contributed by atoms with E-state index in [0.29, 0.717) is 0 Å². The number of benzene rings is 6. The van der Waals surface area contributed by atoms with E-state index >= 15 is 0 Å². The molecule has 0 fully saturated rings. The van der Waals surface area contributed by atoms with Gasteiger partial charge in [0.2, 0.25) is 0 Å². The van der Waals surface area contributed by atoms with Crippen LogP contribution in [0.2, 0.25) is 0 Å². The minimum absolute atomic E-state index is 0.465. The van der Waals surface area contributed by atoms with Crippen molar-refractivity contribution >= 4 is 91.1 Å². The molecule has 3 heterocycles. The van der Waals surface area contributed by atoms with Gasteiger partial charge in [0.1, 0.15) is 28.1 Å². The second-order valence-corrected chi connectivity index (χ2v) is 15.4. The summed E-state index contributed by atoms with van der Waals surface area (Å²) in [5.74, 6) is 0.348. The van der Waals surface area contributed by atoms with Gasteiger partial charge in [-0.1, -0.05) is 129 Å². The lowest BCUT2D eigenvalue weighted by Gasteiger charge is -2.40. The van der Waals surface area contributed by atoms with Crippen molar-refractivity contribution in [2.75, 3.05) is 0 Å². The number of furan rings is 2. The lowest BCUT2D eigenvalue weighted by atomic mass is 9.65. The van der Waals surface area contributed by atoms with E-state index in [2.05, 4.69) is 134 Å². The van der Waals surface area contributed by atoms with Crippen LogP contribution >= 0.6 is 31.9 Å². The Hall–Kier alpha value is -4.88. The van der Waals surface area contributed by atoms with Gasteiger partial charge < -0.3 is 18.5 Å². The van der Waals surface area contributed by atoms with Crippen molar-refractivity contribution in [1.82, 2.24) is 4.57 Å². The number of nitrogens with zero attached hydrogens (tertiary/aromatic N) is 1. The van der Waals surface area contributed by atoms with Crippen LogP contribution in [0.1, 0.15) is 34.9 Å². The Morgan fingerprint density at radius 3 is 1.96 bits per heavy atom. The standard InChI is InChI=1S/C44H27Br2NO3/c1-43-37(23-31(46)39-27-15-5-11-21-36(27)50-42(39)43)44(48,29-22-30(45)38-26-14-4-10-20-35(26)49-41(38)40(29)43)28-16-6-9-19-34(28)47-32-17-7-2-12-24(32)25-13-3-8-18-33(25)47/h2-23,37,48H,1H3. The zero-order valence-corrected chi connectivity index (χ0v) is 29.9. The SMILES string of the molecule is CC12c3oc4ccccc4c3C(Br)=CC1C(O)(c1ccccc1-n1c3ccccc3c3ccccc31)c1cc(Br)c3c(oc4ccccc43)c12. The number of para-hydroxylation sites is 5. The third kappa shape index (κ3) is 3.39. The number of rotatable bonds is 2. The molecule has 3 unspecified atom stereocenters. The van der Waals surface area contributed by atoms with Gasteiger partial charge >= 0.3 is 0 Å². The molecule has 4 nitrogen and oxygen atoms in total. The molecule has 0 aliphatic heterocycles. The minimum atomic E-state index is -1.50. The Bertz CT molecular complexity index is 2910. The summed E-state index contributed by atoms with van der Waals surface area (Å²) in [7, 11) is 0. The van der Waals surface area contributed by atoms with E-state index in [1.807, 2.05) is 42.5 Å². The molecule has 0 bridgehead atoms. The highest BCUT2D eigenvalue weighted by Crippen LogP contribution is 2.66. The fourth-order valence-electron chi connectivity index (χ4n) is 9.31. The Morgan fingerprint density at radius 1 is 0.660 bits per heavy atom. The molecule has 2 aliphatic carbocycles. The maximum atomic E-state index is 14.0. The largest absolute Gasteiger partial charge is 0.459 e. The average molecular weight is 778 g/mol. The van der Waals surface area contributed by atoms with Crippen LogP contribution in [-0.2, 0) is 11.0 Å². The van der Waals surface area contributed by atoms with Gasteiger partial charge in [-0.15, -0.1) is 0 Å². The van der Waals surface area contributed by atoms with E-state index in [1.54, 1.807) is 0 Å². The normalized spacial score (nSPS) is 21.3. The molecule has 0 saturated carbocycles. The number of aliphatic hydroxyl groups is 1. The Balaban J connectivity index is 1.31. The molecule has 6 heteroatoms. The van der Waals surface area contributed by atoms with Gasteiger partial charge in [-0.2, -0.15) is 0 Å². The van der Waals surface area contributed by atoms with Gasteiger partial charge in [0.15, 0.2) is 0 Å². The van der Waals surface area contributed by atoms with E-state index in [1.165, 1.54) is 10.8 Å². The quantitative estimate of drug-likeness (QED) is 0.190. The number of hydrogen-bond acceptors (Lipinski definition) is 3. The van der Waals surface area contributed by atoms with E-state index in [0.717, 1.165) is 86.6 Å². The molecule has 0 radical (unpaired) electrons. The molecule has 50 heavy (non-hydrogen) atoms. The molecule has 0 amide bonds. The van der Waals surface area contributed by atoms with Crippen molar-refractivity contribution in [1.29, 1.82) is 0 Å². The van der Waals surface area contributed by atoms with Crippen LogP contribution in [0, 0.1) is 5.92 Å². The molecular formula is C44H27Br2NO3. The molecule has 3 atom stereocenters. The predicted molar refractivity (Wildman–Crippen MR) is 208 cm³/mol. The summed E-state index contributed by atoms with van der Waals surface area (Å²) in [5, 5.41) is 19.4. The van der Waals surface area contributed by atoms with Crippen LogP contribution in [0.25, 0.3) is 64.9 Å². The van der Waals surface area contributed by atoms with Crippen LogP contribution in [0.3, 0.4) is 0 Å². The zero-order valence-electron chi connectivity index (χ0n) is 26.7. The summed E-state index contributed by atoms with van der Waals surface area (Å²) < 4.78 is 17.8. The summed E-state index contributed by atoms with van der Waals surface area (Å²) >= 11 is 7.95.